The van der Waals surface area contributed by atoms with Crippen molar-refractivity contribution in [3.63, 3.8) is 0 Å². The van der Waals surface area contributed by atoms with E-state index in [1.54, 1.807) is 38.4 Å². The summed E-state index contributed by atoms with van der Waals surface area (Å²) in [4.78, 5) is 81.1. The Bertz CT molecular complexity index is 2760. The number of hydrazine groups is 2. The minimum absolute atomic E-state index is 0.0198. The van der Waals surface area contributed by atoms with Crippen LogP contribution < -0.4 is 10.7 Å². The van der Waals surface area contributed by atoms with Crippen molar-refractivity contribution in [2.24, 2.45) is 11.3 Å². The second-order valence-electron chi connectivity index (χ2n) is 18.7. The van der Waals surface area contributed by atoms with Gasteiger partial charge in [0.1, 0.15) is 17.0 Å². The molecular weight excluding hydrogens is 899 g/mol. The number of nitroso groups, excluding NO2 is 1. The quantitative estimate of drug-likeness (QED) is 0.0988. The van der Waals surface area contributed by atoms with Crippen LogP contribution in [-0.4, -0.2) is 137 Å². The normalized spacial score (nSPS) is 21.0. The zero-order valence-electron chi connectivity index (χ0n) is 39.5. The van der Waals surface area contributed by atoms with Gasteiger partial charge in [-0.3, -0.25) is 29.2 Å². The predicted octanol–water partition coefficient (Wildman–Crippen LogP) is 4.26. The monoisotopic (exact) mass is 958 g/mol. The zero-order valence-corrected chi connectivity index (χ0v) is 41.1. The first-order chi connectivity index (χ1) is 31.7. The predicted molar refractivity (Wildman–Crippen MR) is 252 cm³/mol. The van der Waals surface area contributed by atoms with Crippen LogP contribution >= 0.6 is 11.3 Å². The number of carbonyl (C=O) groups excluding carboxylic acids is 4. The first kappa shape index (κ1) is 49.2. The van der Waals surface area contributed by atoms with Gasteiger partial charge in [-0.2, -0.15) is 0 Å². The Morgan fingerprint density at radius 1 is 1.15 bits per heavy atom. The van der Waals surface area contributed by atoms with Gasteiger partial charge in [0, 0.05) is 66.5 Å². The fraction of sp³-hybridized carbons (Fsp3) is 0.532. The molecule has 3 amide bonds. The summed E-state index contributed by atoms with van der Waals surface area (Å²) in [6, 6.07) is 5.41. The number of cyclic esters (lactones) is 1. The van der Waals surface area contributed by atoms with Gasteiger partial charge in [0.15, 0.2) is 6.04 Å². The summed E-state index contributed by atoms with van der Waals surface area (Å²) in [7, 11) is -0.839. The first-order valence-corrected chi connectivity index (χ1v) is 25.2. The molecule has 2 fully saturated rings. The van der Waals surface area contributed by atoms with Crippen molar-refractivity contribution in [3.8, 4) is 34.4 Å². The number of carbonyl (C=O) groups is 4. The number of aromatic nitrogens is 3. The largest absolute Gasteiger partial charge is 0.464 e. The van der Waals surface area contributed by atoms with Crippen molar-refractivity contribution in [2.45, 2.75) is 104 Å². The number of hydrogen-bond acceptors (Lipinski definition) is 13. The molecule has 6 bridgehead atoms. The van der Waals surface area contributed by atoms with Crippen molar-refractivity contribution in [1.29, 1.82) is 0 Å². The molecule has 5 atom stereocenters. The molecule has 6 heterocycles. The van der Waals surface area contributed by atoms with Crippen LogP contribution in [-0.2, 0) is 51.5 Å². The number of esters is 1. The van der Waals surface area contributed by atoms with Crippen LogP contribution in [0.2, 0.25) is 0 Å². The average molecular weight is 959 g/mol. The topological polar surface area (TPSA) is 205 Å². The van der Waals surface area contributed by atoms with Crippen LogP contribution in [0.15, 0.2) is 41.9 Å². The van der Waals surface area contributed by atoms with Crippen molar-refractivity contribution in [3.05, 3.63) is 63.1 Å². The minimum atomic E-state index is -3.94. The average Bonchev–Trinajstić information content (AvgIpc) is 4.05. The van der Waals surface area contributed by atoms with Crippen molar-refractivity contribution >= 4 is 56.0 Å². The summed E-state index contributed by atoms with van der Waals surface area (Å²) < 4.78 is 40.9. The number of nitrogens with zero attached hydrogens (tertiary/aromatic N) is 7. The highest BCUT2D eigenvalue weighted by Gasteiger charge is 2.45. The highest BCUT2D eigenvalue weighted by molar-refractivity contribution is 7.89. The van der Waals surface area contributed by atoms with Crippen molar-refractivity contribution in [1.82, 2.24) is 39.6 Å². The SMILES string of the molecule is CC#CC(=O)N1CC[C@H]([N+](=O)N(C)[C@H](C(=O)N[C@H]2Cc3nc(cs3)-c3ccc4c(c3)c(c(-c3cccnc3[C@H](C)OC)n4S(C)(=O)=O)CC(C)(C)COC(=O)[C@@H]3CCCN(N3)C2=O)C(C)C)C1. The maximum Gasteiger partial charge on any atom is 0.324 e. The summed E-state index contributed by atoms with van der Waals surface area (Å²) in [5.74, 6) is 2.76. The second kappa shape index (κ2) is 19.8. The van der Waals surface area contributed by atoms with Crippen molar-refractivity contribution in [2.75, 3.05) is 46.7 Å². The molecule has 4 aromatic rings. The number of benzene rings is 1. The highest BCUT2D eigenvalue weighted by Crippen LogP contribution is 2.42. The van der Waals surface area contributed by atoms with Crippen LogP contribution in [0, 0.1) is 28.1 Å². The van der Waals surface area contributed by atoms with E-state index in [0.29, 0.717) is 81.9 Å². The number of thiazole rings is 1. The molecular formula is C47H60N9O9S2+. The van der Waals surface area contributed by atoms with Gasteiger partial charge in [-0.25, -0.2) is 22.8 Å². The van der Waals surface area contributed by atoms with E-state index in [9.17, 15) is 32.5 Å². The molecule has 0 aliphatic carbocycles. The molecule has 0 unspecified atom stereocenters. The third kappa shape index (κ3) is 10.4. The Labute approximate surface area is 395 Å². The summed E-state index contributed by atoms with van der Waals surface area (Å²) in [5, 5.41) is 8.67. The Hall–Kier alpha value is -5.75. The summed E-state index contributed by atoms with van der Waals surface area (Å²) >= 11 is 1.30. The number of fused-ring (bicyclic) bond motifs is 6. The number of amides is 3. The van der Waals surface area contributed by atoms with Gasteiger partial charge in [0.25, 0.3) is 17.9 Å². The number of hydrogen-bond donors (Lipinski definition) is 2. The minimum Gasteiger partial charge on any atom is -0.464 e. The number of likely N-dealkylation sites (tertiary alicyclic amines) is 1. The van der Waals surface area contributed by atoms with Crippen LogP contribution in [0.5, 0.6) is 0 Å². The van der Waals surface area contributed by atoms with E-state index in [2.05, 4.69) is 27.6 Å². The van der Waals surface area contributed by atoms with Gasteiger partial charge in [-0.15, -0.1) is 16.3 Å². The number of rotatable bonds is 10. The fourth-order valence-corrected chi connectivity index (χ4v) is 11.2. The second-order valence-corrected chi connectivity index (χ2v) is 21.5. The Kier molecular flexibility index (Phi) is 14.6. The third-order valence-corrected chi connectivity index (χ3v) is 14.6. The molecule has 7 rings (SSSR count). The van der Waals surface area contributed by atoms with Gasteiger partial charge in [0.2, 0.25) is 15.9 Å². The molecule has 3 aliphatic heterocycles. The lowest BCUT2D eigenvalue weighted by molar-refractivity contribution is -0.732. The van der Waals surface area contributed by atoms with Gasteiger partial charge in [-0.05, 0) is 74.8 Å². The molecule has 2 N–H and O–H groups in total. The van der Waals surface area contributed by atoms with Gasteiger partial charge in [-0.1, -0.05) is 39.7 Å². The molecule has 3 aromatic heterocycles. The van der Waals surface area contributed by atoms with E-state index in [1.807, 2.05) is 52.1 Å². The Morgan fingerprint density at radius 2 is 1.91 bits per heavy atom. The Balaban J connectivity index is 1.29. The van der Waals surface area contributed by atoms with E-state index in [-0.39, 0.29) is 37.9 Å². The highest BCUT2D eigenvalue weighted by atomic mass is 32.2. The molecule has 3 aliphatic rings. The van der Waals surface area contributed by atoms with E-state index in [4.69, 9.17) is 14.5 Å². The van der Waals surface area contributed by atoms with Gasteiger partial charge < -0.3 is 19.7 Å². The summed E-state index contributed by atoms with van der Waals surface area (Å²) in [5.41, 5.74) is 6.33. The molecule has 0 radical (unpaired) electrons. The van der Waals surface area contributed by atoms with E-state index in [1.165, 1.54) is 37.3 Å². The smallest absolute Gasteiger partial charge is 0.324 e. The maximum atomic E-state index is 14.6. The van der Waals surface area contributed by atoms with Crippen molar-refractivity contribution < 1.29 is 41.9 Å². The van der Waals surface area contributed by atoms with Crippen LogP contribution in [0.3, 0.4) is 0 Å². The molecule has 20 heteroatoms. The molecule has 0 saturated carbocycles. The number of ether oxygens (including phenoxy) is 2. The lowest BCUT2D eigenvalue weighted by Gasteiger charge is -2.36. The third-order valence-electron chi connectivity index (χ3n) is 12.6. The van der Waals surface area contributed by atoms with E-state index in [0.717, 1.165) is 11.1 Å². The number of pyridine rings is 1. The molecule has 2 saturated heterocycles. The van der Waals surface area contributed by atoms with Gasteiger partial charge >= 0.3 is 5.97 Å². The first-order valence-electron chi connectivity index (χ1n) is 22.5. The lowest BCUT2D eigenvalue weighted by Crippen LogP contribution is -2.62. The molecule has 18 nitrogen and oxygen atoms in total. The van der Waals surface area contributed by atoms with Crippen LogP contribution in [0.4, 0.5) is 0 Å². The molecule has 67 heavy (non-hydrogen) atoms. The molecule has 1 aromatic carbocycles. The zero-order chi connectivity index (χ0) is 48.5. The van der Waals surface area contributed by atoms with E-state index < -0.39 is 63.5 Å². The number of likely N-dealkylation sites (N-methyl/N-ethyl adjacent to an activating group) is 1. The van der Waals surface area contributed by atoms with Gasteiger partial charge in [0.05, 0.1) is 65.1 Å². The summed E-state index contributed by atoms with van der Waals surface area (Å²) in [6.07, 6.45) is 3.86. The summed E-state index contributed by atoms with van der Waals surface area (Å²) in [6.45, 7) is 11.7. The molecule has 358 valence electrons. The number of nitrogens with one attached hydrogen (secondary N) is 2. The Morgan fingerprint density at radius 3 is 2.61 bits per heavy atom. The van der Waals surface area contributed by atoms with Crippen LogP contribution in [0.25, 0.3) is 33.4 Å². The van der Waals surface area contributed by atoms with E-state index >= 15 is 0 Å². The number of methoxy groups -OCH3 is 1. The maximum absolute atomic E-state index is 14.6. The lowest BCUT2D eigenvalue weighted by atomic mass is 9.84. The standard InChI is InChI=1S/C47H59N9O9S2/c1-10-13-40(57)53-21-18-31(25-53)56(61)52(7)42(28(2)3)44(58)50-36-23-39-49-37(26-66-39)30-16-17-38-33(22-30)34(24-47(5,6)27-65-46(60)35-15-12-20-54(51-35)45(36)59)43(55(38)67(9,62)63)32-14-11-19-48-41(32)29(4)64-8/h11,14,16-17,19,22,26,28-29,31,35-36,42,51H,12,15,18,20-21,23-25,27H2,1-9H3/p+1/t29-,31-,35-,36-,42-/m0/s1. The van der Waals surface area contributed by atoms with Crippen LogP contribution in [0.1, 0.15) is 83.2 Å². The fourth-order valence-electron chi connectivity index (χ4n) is 9.28. The molecule has 0 spiro atoms.